The van der Waals surface area contributed by atoms with Crippen molar-refractivity contribution in [1.29, 1.82) is 0 Å². The van der Waals surface area contributed by atoms with Crippen LogP contribution >= 0.6 is 0 Å². The highest BCUT2D eigenvalue weighted by molar-refractivity contribution is 6.03. The van der Waals surface area contributed by atoms with E-state index in [-0.39, 0.29) is 5.78 Å². The summed E-state index contributed by atoms with van der Waals surface area (Å²) in [6.45, 7) is 3.70. The van der Waals surface area contributed by atoms with Crippen molar-refractivity contribution in [3.8, 4) is 0 Å². The minimum atomic E-state index is 0.0803. The first-order chi connectivity index (χ1) is 11.6. The molecule has 0 unspecified atom stereocenters. The molecule has 1 heteroatoms. The van der Waals surface area contributed by atoms with Crippen molar-refractivity contribution in [2.75, 3.05) is 0 Å². The van der Waals surface area contributed by atoms with E-state index < -0.39 is 0 Å². The lowest BCUT2D eigenvalue weighted by molar-refractivity contribution is 0.101. The molecule has 0 bridgehead atoms. The molecule has 3 rings (SSSR count). The average molecular weight is 312 g/mol. The Balaban J connectivity index is 2.22. The fourth-order valence-corrected chi connectivity index (χ4v) is 2.79. The zero-order valence-electron chi connectivity index (χ0n) is 14.0. The van der Waals surface area contributed by atoms with Crippen LogP contribution in [-0.4, -0.2) is 5.78 Å². The van der Waals surface area contributed by atoms with Gasteiger partial charge >= 0.3 is 0 Å². The highest BCUT2D eigenvalue weighted by Gasteiger charge is 2.12. The molecule has 0 N–H and O–H groups in total. The molecule has 3 aromatic carbocycles. The van der Waals surface area contributed by atoms with E-state index in [0.29, 0.717) is 0 Å². The molecule has 1 nitrogen and oxygen atoms in total. The summed E-state index contributed by atoms with van der Waals surface area (Å²) in [6.07, 6.45) is 2.15. The first-order valence-electron chi connectivity index (χ1n) is 8.09. The largest absolute Gasteiger partial charge is 0.294 e. The maximum absolute atomic E-state index is 12.1. The Hall–Kier alpha value is -2.93. The normalized spacial score (nSPS) is 11.3. The number of carbonyl (C=O) groups excluding carboxylic acids is 1. The van der Waals surface area contributed by atoms with Crippen LogP contribution in [0, 0.1) is 6.92 Å². The molecular weight excluding hydrogens is 292 g/mol. The Bertz CT molecular complexity index is 871. The van der Waals surface area contributed by atoms with Crippen LogP contribution in [0.4, 0.5) is 0 Å². The highest BCUT2D eigenvalue weighted by Crippen LogP contribution is 2.29. The van der Waals surface area contributed by atoms with Gasteiger partial charge in [-0.15, -0.1) is 0 Å². The van der Waals surface area contributed by atoms with Crippen LogP contribution in [0.15, 0.2) is 78.9 Å². The Morgan fingerprint density at radius 1 is 0.750 bits per heavy atom. The molecule has 0 radical (unpaired) electrons. The zero-order chi connectivity index (χ0) is 16.9. The van der Waals surface area contributed by atoms with Gasteiger partial charge in [-0.3, -0.25) is 4.79 Å². The van der Waals surface area contributed by atoms with Gasteiger partial charge in [0, 0.05) is 5.56 Å². The summed E-state index contributed by atoms with van der Waals surface area (Å²) in [5, 5.41) is 0. The second-order valence-electron chi connectivity index (χ2n) is 5.94. The predicted molar refractivity (Wildman–Crippen MR) is 101 cm³/mol. The number of carbonyl (C=O) groups is 1. The van der Waals surface area contributed by atoms with Crippen molar-refractivity contribution in [2.45, 2.75) is 13.8 Å². The van der Waals surface area contributed by atoms with Crippen molar-refractivity contribution in [2.24, 2.45) is 0 Å². The van der Waals surface area contributed by atoms with Gasteiger partial charge in [0.25, 0.3) is 0 Å². The smallest absolute Gasteiger partial charge is 0.160 e. The predicted octanol–water partition coefficient (Wildman–Crippen LogP) is 5.79. The highest BCUT2D eigenvalue weighted by atomic mass is 16.1. The van der Waals surface area contributed by atoms with Crippen LogP contribution in [0.1, 0.15) is 39.5 Å². The summed E-state index contributed by atoms with van der Waals surface area (Å²) in [5.41, 5.74) is 6.23. The van der Waals surface area contributed by atoms with Gasteiger partial charge in [0.1, 0.15) is 0 Å². The minimum Gasteiger partial charge on any atom is -0.294 e. The van der Waals surface area contributed by atoms with Gasteiger partial charge in [-0.25, -0.2) is 0 Å². The van der Waals surface area contributed by atoms with Crippen LogP contribution < -0.4 is 0 Å². The SMILES string of the molecule is CC(=O)c1ccccc1C(=Cc1ccccc1)c1ccc(C)cc1. The molecular formula is C23H20O. The van der Waals surface area contributed by atoms with Crippen LogP contribution in [0.25, 0.3) is 11.6 Å². The topological polar surface area (TPSA) is 17.1 Å². The van der Waals surface area contributed by atoms with Crippen LogP contribution in [0.5, 0.6) is 0 Å². The van der Waals surface area contributed by atoms with E-state index in [1.807, 2.05) is 42.5 Å². The standard InChI is InChI=1S/C23H20O/c1-17-12-14-20(15-13-17)23(16-19-8-4-3-5-9-19)22-11-7-6-10-21(22)18(2)24/h3-16H,1-2H3. The van der Waals surface area contributed by atoms with E-state index >= 15 is 0 Å². The average Bonchev–Trinajstić information content (AvgIpc) is 2.61. The molecule has 0 heterocycles. The number of aryl methyl sites for hydroxylation is 1. The molecule has 0 fully saturated rings. The van der Waals surface area contributed by atoms with Crippen molar-refractivity contribution >= 4 is 17.4 Å². The Kier molecular flexibility index (Phi) is 4.72. The lowest BCUT2D eigenvalue weighted by Gasteiger charge is -2.13. The van der Waals surface area contributed by atoms with Crippen LogP contribution in [0.2, 0.25) is 0 Å². The van der Waals surface area contributed by atoms with Crippen molar-refractivity contribution in [3.63, 3.8) is 0 Å². The van der Waals surface area contributed by atoms with E-state index in [1.54, 1.807) is 6.92 Å². The molecule has 0 amide bonds. The minimum absolute atomic E-state index is 0.0803. The van der Waals surface area contributed by atoms with Gasteiger partial charge in [-0.1, -0.05) is 84.4 Å². The van der Waals surface area contributed by atoms with Gasteiger partial charge in [0.15, 0.2) is 5.78 Å². The summed E-state index contributed by atoms with van der Waals surface area (Å²) < 4.78 is 0. The monoisotopic (exact) mass is 312 g/mol. The van der Waals surface area contributed by atoms with Gasteiger partial charge in [-0.05, 0) is 42.2 Å². The summed E-state index contributed by atoms with van der Waals surface area (Å²) in [4.78, 5) is 12.1. The van der Waals surface area contributed by atoms with Gasteiger partial charge in [0.05, 0.1) is 0 Å². The number of hydrogen-bond acceptors (Lipinski definition) is 1. The Morgan fingerprint density at radius 3 is 1.96 bits per heavy atom. The van der Waals surface area contributed by atoms with Crippen molar-refractivity contribution in [3.05, 3.63) is 107 Å². The molecule has 0 aliphatic rings. The lowest BCUT2D eigenvalue weighted by Crippen LogP contribution is -2.00. The fraction of sp³-hybridized carbons (Fsp3) is 0.0870. The zero-order valence-corrected chi connectivity index (χ0v) is 14.0. The van der Waals surface area contributed by atoms with E-state index in [0.717, 1.165) is 27.8 Å². The first kappa shape index (κ1) is 15.9. The second kappa shape index (κ2) is 7.10. The third kappa shape index (κ3) is 3.52. The number of Topliss-reactive ketones (excluding diaryl/α,β-unsaturated/α-hetero) is 1. The molecule has 0 saturated heterocycles. The number of rotatable bonds is 4. The lowest BCUT2D eigenvalue weighted by atomic mass is 9.90. The molecule has 0 aromatic heterocycles. The van der Waals surface area contributed by atoms with E-state index in [9.17, 15) is 4.79 Å². The van der Waals surface area contributed by atoms with Gasteiger partial charge in [-0.2, -0.15) is 0 Å². The molecule has 0 aliphatic heterocycles. The summed E-state index contributed by atoms with van der Waals surface area (Å²) >= 11 is 0. The van der Waals surface area contributed by atoms with Crippen molar-refractivity contribution in [1.82, 2.24) is 0 Å². The van der Waals surface area contributed by atoms with Crippen LogP contribution in [-0.2, 0) is 0 Å². The molecule has 24 heavy (non-hydrogen) atoms. The summed E-state index contributed by atoms with van der Waals surface area (Å²) in [6, 6.07) is 26.4. The maximum Gasteiger partial charge on any atom is 0.160 e. The fourth-order valence-electron chi connectivity index (χ4n) is 2.79. The van der Waals surface area contributed by atoms with E-state index in [4.69, 9.17) is 0 Å². The Morgan fingerprint density at radius 2 is 1.33 bits per heavy atom. The quantitative estimate of drug-likeness (QED) is 0.440. The molecule has 118 valence electrons. The molecule has 0 atom stereocenters. The van der Waals surface area contributed by atoms with Crippen LogP contribution in [0.3, 0.4) is 0 Å². The van der Waals surface area contributed by atoms with Crippen molar-refractivity contribution < 1.29 is 4.79 Å². The molecule has 3 aromatic rings. The number of hydrogen-bond donors (Lipinski definition) is 0. The first-order valence-corrected chi connectivity index (χ1v) is 8.09. The second-order valence-corrected chi connectivity index (χ2v) is 5.94. The molecule has 0 aliphatic carbocycles. The third-order valence-electron chi connectivity index (χ3n) is 4.07. The van der Waals surface area contributed by atoms with E-state index in [2.05, 4.69) is 49.4 Å². The summed E-state index contributed by atoms with van der Waals surface area (Å²) in [7, 11) is 0. The number of benzene rings is 3. The maximum atomic E-state index is 12.1. The molecule has 0 spiro atoms. The molecule has 0 saturated carbocycles. The summed E-state index contributed by atoms with van der Waals surface area (Å²) in [5.74, 6) is 0.0803. The Labute approximate surface area is 143 Å². The number of ketones is 1. The van der Waals surface area contributed by atoms with Gasteiger partial charge in [0.2, 0.25) is 0 Å². The van der Waals surface area contributed by atoms with E-state index in [1.165, 1.54) is 5.56 Å². The third-order valence-corrected chi connectivity index (χ3v) is 4.07. The van der Waals surface area contributed by atoms with Gasteiger partial charge < -0.3 is 0 Å².